The van der Waals surface area contributed by atoms with Gasteiger partial charge in [0.15, 0.2) is 11.6 Å². The molecule has 0 spiro atoms. The number of rotatable bonds is 4. The second-order valence-electron chi connectivity index (χ2n) is 3.94. The fourth-order valence-electron chi connectivity index (χ4n) is 1.58. The van der Waals surface area contributed by atoms with E-state index in [0.29, 0.717) is 10.0 Å². The van der Waals surface area contributed by atoms with Crippen molar-refractivity contribution in [1.82, 2.24) is 0 Å². The molecule has 1 unspecified atom stereocenters. The second-order valence-corrected chi connectivity index (χ2v) is 4.85. The molecular formula is C14H11BrF2O2. The third-order valence-electron chi connectivity index (χ3n) is 2.54. The van der Waals surface area contributed by atoms with E-state index in [0.717, 1.165) is 6.07 Å². The molecule has 0 radical (unpaired) electrons. The van der Waals surface area contributed by atoms with E-state index in [1.807, 2.05) is 6.07 Å². The minimum absolute atomic E-state index is 0.156. The zero-order chi connectivity index (χ0) is 13.8. The van der Waals surface area contributed by atoms with Gasteiger partial charge in [-0.3, -0.25) is 0 Å². The highest BCUT2D eigenvalue weighted by molar-refractivity contribution is 9.10. The number of ether oxygens (including phenoxy) is 1. The Hall–Kier alpha value is -1.46. The van der Waals surface area contributed by atoms with Crippen molar-refractivity contribution in [2.45, 2.75) is 6.10 Å². The predicted molar refractivity (Wildman–Crippen MR) is 71.0 cm³/mol. The van der Waals surface area contributed by atoms with Crippen LogP contribution in [0.3, 0.4) is 0 Å². The molecule has 0 aliphatic carbocycles. The van der Waals surface area contributed by atoms with Crippen LogP contribution < -0.4 is 4.74 Å². The highest BCUT2D eigenvalue weighted by atomic mass is 79.9. The first-order chi connectivity index (χ1) is 9.08. The van der Waals surface area contributed by atoms with Gasteiger partial charge in [0, 0.05) is 4.47 Å². The van der Waals surface area contributed by atoms with Gasteiger partial charge >= 0.3 is 0 Å². The molecule has 0 fully saturated rings. The molecule has 0 saturated carbocycles. The van der Waals surface area contributed by atoms with Crippen LogP contribution in [0, 0.1) is 11.6 Å². The van der Waals surface area contributed by atoms with E-state index in [9.17, 15) is 13.9 Å². The largest absolute Gasteiger partial charge is 0.487 e. The van der Waals surface area contributed by atoms with Crippen molar-refractivity contribution in [3.8, 4) is 5.75 Å². The van der Waals surface area contributed by atoms with E-state index < -0.39 is 17.7 Å². The maximum atomic E-state index is 13.4. The molecular weight excluding hydrogens is 318 g/mol. The molecule has 0 aromatic heterocycles. The number of aliphatic hydroxyl groups is 1. The van der Waals surface area contributed by atoms with Gasteiger partial charge in [-0.2, -0.15) is 4.39 Å². The van der Waals surface area contributed by atoms with Crippen LogP contribution in [0.2, 0.25) is 0 Å². The van der Waals surface area contributed by atoms with Gasteiger partial charge in [-0.05, 0) is 17.7 Å². The Morgan fingerprint density at radius 2 is 1.84 bits per heavy atom. The lowest BCUT2D eigenvalue weighted by Crippen LogP contribution is -2.10. The quantitative estimate of drug-likeness (QED) is 0.864. The van der Waals surface area contributed by atoms with Gasteiger partial charge < -0.3 is 9.84 Å². The van der Waals surface area contributed by atoms with Crippen molar-refractivity contribution < 1.29 is 18.6 Å². The van der Waals surface area contributed by atoms with Crippen molar-refractivity contribution in [2.75, 3.05) is 6.61 Å². The molecule has 100 valence electrons. The zero-order valence-corrected chi connectivity index (χ0v) is 11.4. The van der Waals surface area contributed by atoms with E-state index >= 15 is 0 Å². The van der Waals surface area contributed by atoms with Crippen LogP contribution in [-0.2, 0) is 0 Å². The van der Waals surface area contributed by atoms with Crippen LogP contribution in [0.5, 0.6) is 5.75 Å². The van der Waals surface area contributed by atoms with E-state index in [2.05, 4.69) is 15.9 Å². The van der Waals surface area contributed by atoms with Gasteiger partial charge in [0.25, 0.3) is 0 Å². The first-order valence-corrected chi connectivity index (χ1v) is 6.37. The van der Waals surface area contributed by atoms with E-state index in [1.54, 1.807) is 24.3 Å². The van der Waals surface area contributed by atoms with Gasteiger partial charge in [0.05, 0.1) is 0 Å². The molecule has 2 nitrogen and oxygen atoms in total. The molecule has 0 heterocycles. The van der Waals surface area contributed by atoms with Crippen LogP contribution in [0.15, 0.2) is 46.9 Å². The highest BCUT2D eigenvalue weighted by Crippen LogP contribution is 2.26. The van der Waals surface area contributed by atoms with Crippen molar-refractivity contribution in [3.63, 3.8) is 0 Å². The molecule has 0 amide bonds. The summed E-state index contributed by atoms with van der Waals surface area (Å²) in [5.74, 6) is -2.30. The van der Waals surface area contributed by atoms with Gasteiger partial charge in [0.1, 0.15) is 12.7 Å². The number of hydrogen-bond acceptors (Lipinski definition) is 2. The van der Waals surface area contributed by atoms with Gasteiger partial charge in [0.2, 0.25) is 5.82 Å². The molecule has 2 rings (SSSR count). The average molecular weight is 329 g/mol. The topological polar surface area (TPSA) is 29.5 Å². The minimum atomic E-state index is -1.07. The minimum Gasteiger partial charge on any atom is -0.487 e. The number of halogens is 3. The summed E-state index contributed by atoms with van der Waals surface area (Å²) in [5, 5.41) is 9.86. The maximum Gasteiger partial charge on any atom is 0.200 e. The lowest BCUT2D eigenvalue weighted by Gasteiger charge is -2.13. The van der Waals surface area contributed by atoms with Crippen LogP contribution in [0.25, 0.3) is 0 Å². The molecule has 2 aromatic rings. The first-order valence-electron chi connectivity index (χ1n) is 5.58. The summed E-state index contributed by atoms with van der Waals surface area (Å²) in [7, 11) is 0. The van der Waals surface area contributed by atoms with E-state index in [-0.39, 0.29) is 12.4 Å². The van der Waals surface area contributed by atoms with Crippen molar-refractivity contribution >= 4 is 15.9 Å². The van der Waals surface area contributed by atoms with E-state index in [4.69, 9.17) is 4.74 Å². The predicted octanol–water partition coefficient (Wildman–Crippen LogP) is 3.84. The summed E-state index contributed by atoms with van der Waals surface area (Å²) in [4.78, 5) is 0. The van der Waals surface area contributed by atoms with Gasteiger partial charge in [-0.15, -0.1) is 0 Å². The summed E-state index contributed by atoms with van der Waals surface area (Å²) in [5.41, 5.74) is 0.651. The molecule has 0 aliphatic rings. The SMILES string of the molecule is OC(COc1cc(Br)cc(F)c1F)c1ccccc1. The fourth-order valence-corrected chi connectivity index (χ4v) is 1.99. The normalized spacial score (nSPS) is 12.2. The Balaban J connectivity index is 2.07. The summed E-state index contributed by atoms with van der Waals surface area (Å²) in [6, 6.07) is 11.2. The van der Waals surface area contributed by atoms with Crippen LogP contribution in [0.4, 0.5) is 8.78 Å². The van der Waals surface area contributed by atoms with Crippen LogP contribution >= 0.6 is 15.9 Å². The fraction of sp³-hybridized carbons (Fsp3) is 0.143. The molecule has 1 N–H and O–H groups in total. The Bertz CT molecular complexity index is 561. The zero-order valence-electron chi connectivity index (χ0n) is 9.82. The molecule has 5 heteroatoms. The van der Waals surface area contributed by atoms with Crippen molar-refractivity contribution in [3.05, 3.63) is 64.1 Å². The Morgan fingerprint density at radius 1 is 1.16 bits per heavy atom. The van der Waals surface area contributed by atoms with Crippen molar-refractivity contribution in [1.29, 1.82) is 0 Å². The lowest BCUT2D eigenvalue weighted by molar-refractivity contribution is 0.105. The maximum absolute atomic E-state index is 13.4. The molecule has 0 aliphatic heterocycles. The molecule has 0 bridgehead atoms. The summed E-state index contributed by atoms with van der Waals surface area (Å²) in [6.45, 7) is -0.156. The Morgan fingerprint density at radius 3 is 2.53 bits per heavy atom. The third-order valence-corrected chi connectivity index (χ3v) is 3.00. The smallest absolute Gasteiger partial charge is 0.200 e. The summed E-state index contributed by atoms with van der Waals surface area (Å²) < 4.78 is 32.1. The van der Waals surface area contributed by atoms with Gasteiger partial charge in [-0.1, -0.05) is 46.3 Å². The van der Waals surface area contributed by atoms with E-state index in [1.165, 1.54) is 6.07 Å². The number of benzene rings is 2. The second kappa shape index (κ2) is 6.12. The molecule has 2 aromatic carbocycles. The molecule has 1 atom stereocenters. The number of hydrogen-bond donors (Lipinski definition) is 1. The third kappa shape index (κ3) is 3.52. The Labute approximate surface area is 117 Å². The van der Waals surface area contributed by atoms with Gasteiger partial charge in [-0.25, -0.2) is 4.39 Å². The summed E-state index contributed by atoms with van der Waals surface area (Å²) >= 11 is 3.05. The van der Waals surface area contributed by atoms with Crippen LogP contribution in [-0.4, -0.2) is 11.7 Å². The highest BCUT2D eigenvalue weighted by Gasteiger charge is 2.14. The first kappa shape index (κ1) is 14.0. The molecule has 19 heavy (non-hydrogen) atoms. The number of aliphatic hydroxyl groups excluding tert-OH is 1. The monoisotopic (exact) mass is 328 g/mol. The standard InChI is InChI=1S/C14H11BrF2O2/c15-10-6-11(16)14(17)13(7-10)19-8-12(18)9-4-2-1-3-5-9/h1-7,12,18H,8H2. The van der Waals surface area contributed by atoms with Crippen molar-refractivity contribution in [2.24, 2.45) is 0 Å². The molecule has 0 saturated heterocycles. The Kier molecular flexibility index (Phi) is 4.50. The lowest BCUT2D eigenvalue weighted by atomic mass is 10.1. The average Bonchev–Trinajstić information content (AvgIpc) is 2.41. The summed E-state index contributed by atoms with van der Waals surface area (Å²) in [6.07, 6.45) is -0.900. The van der Waals surface area contributed by atoms with Crippen LogP contribution in [0.1, 0.15) is 11.7 Å².